The van der Waals surface area contributed by atoms with Crippen LogP contribution in [-0.4, -0.2) is 34.1 Å². The molecule has 0 aromatic carbocycles. The number of hydrogen-bond donors (Lipinski definition) is 1. The molecule has 0 saturated heterocycles. The fourth-order valence-corrected chi connectivity index (χ4v) is 2.35. The number of aliphatic hydroxyl groups is 1. The molecule has 1 fully saturated rings. The van der Waals surface area contributed by atoms with Crippen LogP contribution in [0.2, 0.25) is 0 Å². The normalized spacial score (nSPS) is 34.6. The number of carbonyl (C=O) groups excluding carboxylic acids is 1. The molecule has 0 spiro atoms. The summed E-state index contributed by atoms with van der Waals surface area (Å²) < 4.78 is 38.5. The fraction of sp³-hybridized carbons (Fsp3) is 0.778. The van der Waals surface area contributed by atoms with Gasteiger partial charge in [-0.15, -0.1) is 0 Å². The van der Waals surface area contributed by atoms with Gasteiger partial charge < -0.3 is 5.11 Å². The highest BCUT2D eigenvalue weighted by molar-refractivity contribution is 5.91. The van der Waals surface area contributed by atoms with Crippen LogP contribution in [0.25, 0.3) is 0 Å². The summed E-state index contributed by atoms with van der Waals surface area (Å²) >= 11 is 0. The predicted molar refractivity (Wildman–Crippen MR) is 48.3 cm³/mol. The van der Waals surface area contributed by atoms with Crippen LogP contribution in [0.1, 0.15) is 25.7 Å². The van der Waals surface area contributed by atoms with Gasteiger partial charge in [-0.05, 0) is 19.3 Å². The lowest BCUT2D eigenvalue weighted by Crippen LogP contribution is -2.59. The zero-order chi connectivity index (χ0) is 12.0. The van der Waals surface area contributed by atoms with Crippen molar-refractivity contribution in [2.24, 2.45) is 11.0 Å². The van der Waals surface area contributed by atoms with Crippen LogP contribution in [-0.2, 0) is 4.79 Å². The van der Waals surface area contributed by atoms with Gasteiger partial charge in [-0.3, -0.25) is 4.79 Å². The second-order valence-corrected chi connectivity index (χ2v) is 4.06. The number of nitrogens with zero attached hydrogens (tertiary/aromatic N) is 2. The number of hydrogen-bond acceptors (Lipinski definition) is 3. The van der Waals surface area contributed by atoms with E-state index in [4.69, 9.17) is 0 Å². The smallest absolute Gasteiger partial charge is 0.362 e. The molecule has 1 amide bonds. The number of halogens is 3. The Morgan fingerprint density at radius 3 is 2.75 bits per heavy atom. The van der Waals surface area contributed by atoms with Crippen LogP contribution in [0, 0.1) is 5.92 Å². The number of fused-ring (bicyclic) bond motifs is 1. The minimum absolute atomic E-state index is 0.0706. The molecule has 90 valence electrons. The van der Waals surface area contributed by atoms with E-state index in [2.05, 4.69) is 5.10 Å². The monoisotopic (exact) mass is 236 g/mol. The average Bonchev–Trinajstić information content (AvgIpc) is 2.53. The first-order chi connectivity index (χ1) is 7.41. The summed E-state index contributed by atoms with van der Waals surface area (Å²) in [4.78, 5) is 10.6. The Kier molecular flexibility index (Phi) is 2.45. The first-order valence-electron chi connectivity index (χ1n) is 5.02. The molecule has 1 aliphatic carbocycles. The lowest BCUT2D eigenvalue weighted by molar-refractivity contribution is -0.314. The van der Waals surface area contributed by atoms with Crippen molar-refractivity contribution in [3.8, 4) is 0 Å². The van der Waals surface area contributed by atoms with E-state index in [0.717, 1.165) is 6.42 Å². The van der Waals surface area contributed by atoms with E-state index in [1.54, 1.807) is 0 Å². The number of alkyl halides is 3. The molecule has 1 heterocycles. The Morgan fingerprint density at radius 1 is 1.50 bits per heavy atom. The predicted octanol–water partition coefficient (Wildman–Crippen LogP) is 1.26. The van der Waals surface area contributed by atoms with E-state index in [0.29, 0.717) is 12.8 Å². The Bertz CT molecular complexity index is 342. The zero-order valence-corrected chi connectivity index (χ0v) is 8.37. The Labute approximate surface area is 89.7 Å². The quantitative estimate of drug-likeness (QED) is 0.697. The maximum Gasteiger partial charge on any atom is 0.439 e. The van der Waals surface area contributed by atoms with Crippen molar-refractivity contribution >= 4 is 12.1 Å². The highest BCUT2D eigenvalue weighted by Gasteiger charge is 2.67. The van der Waals surface area contributed by atoms with Crippen molar-refractivity contribution in [2.75, 3.05) is 0 Å². The Hall–Kier alpha value is -1.11. The van der Waals surface area contributed by atoms with Crippen LogP contribution in [0.15, 0.2) is 5.10 Å². The van der Waals surface area contributed by atoms with Gasteiger partial charge in [-0.1, -0.05) is 6.42 Å². The van der Waals surface area contributed by atoms with Crippen molar-refractivity contribution in [1.29, 1.82) is 0 Å². The van der Waals surface area contributed by atoms with Gasteiger partial charge in [0, 0.05) is 5.71 Å². The van der Waals surface area contributed by atoms with E-state index in [1.807, 2.05) is 0 Å². The molecule has 2 atom stereocenters. The lowest BCUT2D eigenvalue weighted by atomic mass is 9.80. The topological polar surface area (TPSA) is 52.9 Å². The van der Waals surface area contributed by atoms with Crippen LogP contribution in [0.4, 0.5) is 13.2 Å². The van der Waals surface area contributed by atoms with Gasteiger partial charge in [0.05, 0.1) is 5.92 Å². The van der Waals surface area contributed by atoms with Gasteiger partial charge in [0.15, 0.2) is 0 Å². The van der Waals surface area contributed by atoms with Gasteiger partial charge >= 0.3 is 6.18 Å². The molecule has 0 bridgehead atoms. The molecule has 1 aliphatic heterocycles. The Balaban J connectivity index is 2.41. The third-order valence-corrected chi connectivity index (χ3v) is 3.17. The van der Waals surface area contributed by atoms with Crippen molar-refractivity contribution in [2.45, 2.75) is 37.6 Å². The second kappa shape index (κ2) is 3.44. The third kappa shape index (κ3) is 1.34. The summed E-state index contributed by atoms with van der Waals surface area (Å²) in [5.41, 5.74) is -2.87. The minimum Gasteiger partial charge on any atom is -0.362 e. The SMILES string of the molecule is O=CN1N=C2CCCC[C@@H]2[C@]1(O)C(F)(F)F. The summed E-state index contributed by atoms with van der Waals surface area (Å²) in [6.45, 7) is 0. The molecule has 0 aromatic heterocycles. The van der Waals surface area contributed by atoms with Crippen LogP contribution in [0.5, 0.6) is 0 Å². The molecule has 16 heavy (non-hydrogen) atoms. The van der Waals surface area contributed by atoms with Gasteiger partial charge in [-0.25, -0.2) is 0 Å². The van der Waals surface area contributed by atoms with Crippen molar-refractivity contribution in [3.63, 3.8) is 0 Å². The first-order valence-corrected chi connectivity index (χ1v) is 5.02. The molecule has 1 saturated carbocycles. The number of rotatable bonds is 1. The minimum atomic E-state index is -4.89. The molecular formula is C9H11F3N2O2. The third-order valence-electron chi connectivity index (χ3n) is 3.17. The molecule has 0 radical (unpaired) electrons. The maximum absolute atomic E-state index is 12.8. The summed E-state index contributed by atoms with van der Waals surface area (Å²) in [6, 6.07) is 0. The molecule has 2 rings (SSSR count). The van der Waals surface area contributed by atoms with Crippen LogP contribution in [0.3, 0.4) is 0 Å². The van der Waals surface area contributed by atoms with Crippen molar-refractivity contribution in [3.05, 3.63) is 0 Å². The van der Waals surface area contributed by atoms with E-state index in [-0.39, 0.29) is 23.6 Å². The molecule has 4 nitrogen and oxygen atoms in total. The molecule has 0 unspecified atom stereocenters. The van der Waals surface area contributed by atoms with Crippen LogP contribution < -0.4 is 0 Å². The molecule has 2 aliphatic rings. The van der Waals surface area contributed by atoms with Gasteiger partial charge in [-0.2, -0.15) is 23.3 Å². The average molecular weight is 236 g/mol. The molecule has 0 aromatic rings. The highest BCUT2D eigenvalue weighted by Crippen LogP contribution is 2.47. The van der Waals surface area contributed by atoms with Gasteiger partial charge in [0.2, 0.25) is 6.41 Å². The standard InChI is InChI=1S/C9H11F3N2O2/c10-9(11,12)8(16)6-3-1-2-4-7(6)13-14(8)5-15/h5-6,16H,1-4H2/t6-,8-/m0/s1. The fourth-order valence-electron chi connectivity index (χ4n) is 2.35. The molecular weight excluding hydrogens is 225 g/mol. The number of amides is 1. The summed E-state index contributed by atoms with van der Waals surface area (Å²) in [5, 5.41) is 13.4. The Morgan fingerprint density at radius 2 is 2.19 bits per heavy atom. The van der Waals surface area contributed by atoms with E-state index in [1.165, 1.54) is 0 Å². The highest BCUT2D eigenvalue weighted by atomic mass is 19.4. The van der Waals surface area contributed by atoms with Crippen molar-refractivity contribution in [1.82, 2.24) is 5.01 Å². The largest absolute Gasteiger partial charge is 0.439 e. The van der Waals surface area contributed by atoms with Gasteiger partial charge in [0.1, 0.15) is 0 Å². The number of hydrazone groups is 1. The molecule has 1 N–H and O–H groups in total. The summed E-state index contributed by atoms with van der Waals surface area (Å²) in [6.07, 6.45) is -2.99. The van der Waals surface area contributed by atoms with E-state index >= 15 is 0 Å². The van der Waals surface area contributed by atoms with Gasteiger partial charge in [0.25, 0.3) is 5.72 Å². The van der Waals surface area contributed by atoms with E-state index < -0.39 is 17.8 Å². The van der Waals surface area contributed by atoms with E-state index in [9.17, 15) is 23.1 Å². The van der Waals surface area contributed by atoms with Crippen molar-refractivity contribution < 1.29 is 23.1 Å². The molecule has 7 heteroatoms. The first kappa shape index (κ1) is 11.4. The lowest BCUT2D eigenvalue weighted by Gasteiger charge is -2.36. The maximum atomic E-state index is 12.8. The zero-order valence-electron chi connectivity index (χ0n) is 8.37. The number of carbonyl (C=O) groups is 1. The summed E-state index contributed by atoms with van der Waals surface area (Å²) in [5.74, 6) is -1.11. The second-order valence-electron chi connectivity index (χ2n) is 4.06. The summed E-state index contributed by atoms with van der Waals surface area (Å²) in [7, 11) is 0. The van der Waals surface area contributed by atoms with Crippen LogP contribution >= 0.6 is 0 Å².